The van der Waals surface area contributed by atoms with Gasteiger partial charge in [-0.1, -0.05) is 12.1 Å². The zero-order chi connectivity index (χ0) is 18.4. The number of likely N-dealkylation sites (tertiary alicyclic amines) is 1. The quantitative estimate of drug-likeness (QED) is 0.907. The van der Waals surface area contributed by atoms with E-state index < -0.39 is 12.6 Å². The Morgan fingerprint density at radius 3 is 2.85 bits per heavy atom. The first kappa shape index (κ1) is 16.5. The number of amides is 2. The zero-order valence-electron chi connectivity index (χ0n) is 14.0. The summed E-state index contributed by atoms with van der Waals surface area (Å²) < 4.78 is 12.9. The summed E-state index contributed by atoms with van der Waals surface area (Å²) in [5.41, 5.74) is 6.99. The molecule has 4 rings (SSSR count). The first-order valence-electron chi connectivity index (χ1n) is 8.51. The van der Waals surface area contributed by atoms with E-state index in [0.717, 1.165) is 12.8 Å². The van der Waals surface area contributed by atoms with Gasteiger partial charge in [-0.2, -0.15) is 5.26 Å². The lowest BCUT2D eigenvalue weighted by atomic mass is 10.0. The van der Waals surface area contributed by atoms with Crippen molar-refractivity contribution >= 4 is 22.7 Å². The summed E-state index contributed by atoms with van der Waals surface area (Å²) >= 11 is 0. The van der Waals surface area contributed by atoms with Crippen LogP contribution in [0.2, 0.25) is 0 Å². The van der Waals surface area contributed by atoms with Gasteiger partial charge in [-0.25, -0.2) is 4.39 Å². The number of halogens is 1. The average Bonchev–Trinajstić information content (AvgIpc) is 3.29. The van der Waals surface area contributed by atoms with E-state index in [0.29, 0.717) is 28.1 Å². The number of nitriles is 1. The highest BCUT2D eigenvalue weighted by Gasteiger charge is 2.53. The predicted octanol–water partition coefficient (Wildman–Crippen LogP) is 1.86. The Balaban J connectivity index is 1.68. The van der Waals surface area contributed by atoms with Crippen LogP contribution in [0.4, 0.5) is 4.39 Å². The molecule has 7 heteroatoms. The summed E-state index contributed by atoms with van der Waals surface area (Å²) in [5.74, 6) is -0.371. The fourth-order valence-electron chi connectivity index (χ4n) is 3.88. The van der Waals surface area contributed by atoms with Crippen LogP contribution in [0.25, 0.3) is 10.9 Å². The van der Waals surface area contributed by atoms with Crippen molar-refractivity contribution in [3.8, 4) is 6.07 Å². The molecule has 1 aromatic heterocycles. The maximum atomic E-state index is 12.9. The molecular weight excluding hydrogens is 335 g/mol. The van der Waals surface area contributed by atoms with Crippen LogP contribution >= 0.6 is 0 Å². The van der Waals surface area contributed by atoms with Gasteiger partial charge in [-0.3, -0.25) is 14.6 Å². The number of nitrogens with two attached hydrogens (primary N) is 1. The second kappa shape index (κ2) is 6.06. The Hall–Kier alpha value is -3.01. The maximum absolute atomic E-state index is 12.9. The van der Waals surface area contributed by atoms with Crippen molar-refractivity contribution in [2.24, 2.45) is 11.7 Å². The van der Waals surface area contributed by atoms with Crippen molar-refractivity contribution in [3.63, 3.8) is 0 Å². The summed E-state index contributed by atoms with van der Waals surface area (Å²) in [6.07, 6.45) is 1.66. The Morgan fingerprint density at radius 1 is 1.35 bits per heavy atom. The average molecular weight is 352 g/mol. The molecule has 2 aliphatic rings. The molecule has 2 N–H and O–H groups in total. The Bertz CT molecular complexity index is 968. The maximum Gasteiger partial charge on any atom is 0.249 e. The molecule has 3 atom stereocenters. The van der Waals surface area contributed by atoms with Crippen molar-refractivity contribution in [2.75, 3.05) is 0 Å². The molecule has 2 amide bonds. The fourth-order valence-corrected chi connectivity index (χ4v) is 3.88. The fraction of sp³-hybridized carbons (Fsp3) is 0.368. The summed E-state index contributed by atoms with van der Waals surface area (Å²) in [6.45, 7) is -0.645. The van der Waals surface area contributed by atoms with E-state index >= 15 is 0 Å². The van der Waals surface area contributed by atoms with Gasteiger partial charge in [0.1, 0.15) is 12.7 Å². The molecule has 0 radical (unpaired) electrons. The molecule has 2 fully saturated rings. The molecule has 6 nitrogen and oxygen atoms in total. The number of hydrogen-bond acceptors (Lipinski definition) is 4. The standard InChI is InChI=1S/C19H17FN4O2/c20-8-10-1-2-14-15(19(22)26)6-12(23-16(14)3-10)7-18(25)24-13(9-21)4-11-5-17(11)24/h1-3,6,11,13,17H,4-5,7-8H2,(H2,22,26)/t11-,13+,17+/m1/s1. The number of carbonyl (C=O) groups is 2. The molecular formula is C19H17FN4O2. The minimum Gasteiger partial charge on any atom is -0.366 e. The molecule has 0 unspecified atom stereocenters. The van der Waals surface area contributed by atoms with Crippen LogP contribution in [0.3, 0.4) is 0 Å². The molecule has 132 valence electrons. The third-order valence-electron chi connectivity index (χ3n) is 5.22. The number of primary amides is 1. The van der Waals surface area contributed by atoms with Gasteiger partial charge in [0.2, 0.25) is 11.8 Å². The van der Waals surface area contributed by atoms with Gasteiger partial charge in [0.25, 0.3) is 0 Å². The normalized spacial score (nSPS) is 23.5. The predicted molar refractivity (Wildman–Crippen MR) is 91.5 cm³/mol. The van der Waals surface area contributed by atoms with Crippen LogP contribution in [0, 0.1) is 17.2 Å². The minimum absolute atomic E-state index is 0.0164. The largest absolute Gasteiger partial charge is 0.366 e. The van der Waals surface area contributed by atoms with Crippen molar-refractivity contribution < 1.29 is 14.0 Å². The molecule has 26 heavy (non-hydrogen) atoms. The molecule has 2 aromatic rings. The van der Waals surface area contributed by atoms with Gasteiger partial charge < -0.3 is 10.6 Å². The highest BCUT2D eigenvalue weighted by atomic mass is 19.1. The molecule has 0 bridgehead atoms. The monoisotopic (exact) mass is 352 g/mol. The number of pyridine rings is 1. The number of aromatic nitrogens is 1. The van der Waals surface area contributed by atoms with Crippen molar-refractivity contribution in [2.45, 2.75) is 38.0 Å². The third kappa shape index (κ3) is 2.68. The van der Waals surface area contributed by atoms with Crippen LogP contribution in [-0.4, -0.2) is 33.8 Å². The highest BCUT2D eigenvalue weighted by Crippen LogP contribution is 2.47. The van der Waals surface area contributed by atoms with Gasteiger partial charge >= 0.3 is 0 Å². The van der Waals surface area contributed by atoms with Crippen LogP contribution < -0.4 is 5.73 Å². The van der Waals surface area contributed by atoms with Gasteiger partial charge in [0.05, 0.1) is 29.3 Å². The van der Waals surface area contributed by atoms with E-state index in [1.807, 2.05) is 0 Å². The van der Waals surface area contributed by atoms with Crippen molar-refractivity contribution in [1.29, 1.82) is 5.26 Å². The Labute approximate surface area is 149 Å². The molecule has 0 spiro atoms. The van der Waals surface area contributed by atoms with E-state index in [9.17, 15) is 19.2 Å². The summed E-state index contributed by atoms with van der Waals surface area (Å²) in [6, 6.07) is 8.21. The summed E-state index contributed by atoms with van der Waals surface area (Å²) in [5, 5.41) is 9.78. The van der Waals surface area contributed by atoms with Crippen molar-refractivity contribution in [3.05, 3.63) is 41.1 Å². The lowest BCUT2D eigenvalue weighted by Crippen LogP contribution is -2.38. The van der Waals surface area contributed by atoms with Gasteiger partial charge in [0.15, 0.2) is 0 Å². The van der Waals surface area contributed by atoms with Crippen LogP contribution in [0.15, 0.2) is 24.3 Å². The van der Waals surface area contributed by atoms with Crippen LogP contribution in [0.1, 0.15) is 34.5 Å². The second-order valence-electron chi connectivity index (χ2n) is 6.93. The number of alkyl halides is 1. The molecule has 1 saturated carbocycles. The number of nitrogens with zero attached hydrogens (tertiary/aromatic N) is 3. The molecule has 2 heterocycles. The Kier molecular flexibility index (Phi) is 3.83. The topological polar surface area (TPSA) is 100 Å². The first-order valence-corrected chi connectivity index (χ1v) is 8.51. The van der Waals surface area contributed by atoms with Crippen LogP contribution in [-0.2, 0) is 17.9 Å². The third-order valence-corrected chi connectivity index (χ3v) is 5.22. The molecule has 1 aromatic carbocycles. The summed E-state index contributed by atoms with van der Waals surface area (Å²) in [4.78, 5) is 30.6. The van der Waals surface area contributed by atoms with Gasteiger partial charge in [-0.15, -0.1) is 0 Å². The van der Waals surface area contributed by atoms with Gasteiger partial charge in [0, 0.05) is 11.4 Å². The van der Waals surface area contributed by atoms with Crippen LogP contribution in [0.5, 0.6) is 0 Å². The highest BCUT2D eigenvalue weighted by molar-refractivity contribution is 6.05. The van der Waals surface area contributed by atoms with E-state index in [2.05, 4.69) is 11.1 Å². The van der Waals surface area contributed by atoms with E-state index in [1.54, 1.807) is 23.1 Å². The van der Waals surface area contributed by atoms with E-state index in [-0.39, 0.29) is 30.0 Å². The minimum atomic E-state index is -0.645. The number of carbonyl (C=O) groups excluding carboxylic acids is 2. The molecule has 1 aliphatic carbocycles. The SMILES string of the molecule is N#C[C@@H]1C[C@@H]2C[C@@H]2N1C(=O)Cc1cc(C(N)=O)c2ccc(CF)cc2n1. The lowest BCUT2D eigenvalue weighted by molar-refractivity contribution is -0.131. The van der Waals surface area contributed by atoms with Crippen molar-refractivity contribution in [1.82, 2.24) is 9.88 Å². The van der Waals surface area contributed by atoms with E-state index in [4.69, 9.17) is 5.73 Å². The second-order valence-corrected chi connectivity index (χ2v) is 6.93. The zero-order valence-corrected chi connectivity index (χ0v) is 14.0. The number of benzene rings is 1. The van der Waals surface area contributed by atoms with Gasteiger partial charge in [-0.05, 0) is 36.5 Å². The Morgan fingerprint density at radius 2 is 2.15 bits per heavy atom. The molecule has 1 aliphatic heterocycles. The number of rotatable bonds is 4. The first-order chi connectivity index (χ1) is 12.5. The summed E-state index contributed by atoms with van der Waals surface area (Å²) in [7, 11) is 0. The van der Waals surface area contributed by atoms with E-state index in [1.165, 1.54) is 6.07 Å². The number of hydrogen-bond donors (Lipinski definition) is 1. The number of piperidine rings is 1. The lowest BCUT2D eigenvalue weighted by Gasteiger charge is -2.22. The number of fused-ring (bicyclic) bond motifs is 2. The molecule has 1 saturated heterocycles. The smallest absolute Gasteiger partial charge is 0.249 e.